The molecule has 4 heteroatoms. The quantitative estimate of drug-likeness (QED) is 0.855. The van der Waals surface area contributed by atoms with Gasteiger partial charge in [0.1, 0.15) is 0 Å². The molecule has 1 atom stereocenters. The van der Waals surface area contributed by atoms with Gasteiger partial charge in [-0.15, -0.1) is 11.3 Å². The maximum absolute atomic E-state index is 3.55. The lowest BCUT2D eigenvalue weighted by Gasteiger charge is -2.21. The van der Waals surface area contributed by atoms with E-state index in [0.717, 1.165) is 12.3 Å². The molecule has 0 saturated carbocycles. The van der Waals surface area contributed by atoms with Crippen molar-refractivity contribution < 1.29 is 0 Å². The van der Waals surface area contributed by atoms with Gasteiger partial charge in [-0.25, -0.2) is 0 Å². The second kappa shape index (κ2) is 6.43. The Morgan fingerprint density at radius 3 is 2.69 bits per heavy atom. The molecule has 16 heavy (non-hydrogen) atoms. The van der Waals surface area contributed by atoms with Gasteiger partial charge in [0.2, 0.25) is 0 Å². The van der Waals surface area contributed by atoms with Crippen LogP contribution in [0.25, 0.3) is 0 Å². The molecule has 1 heterocycles. The molecule has 1 aromatic heterocycles. The maximum Gasteiger partial charge on any atom is 0.0302 e. The third-order valence-corrected chi connectivity index (χ3v) is 5.24. The Morgan fingerprint density at radius 2 is 2.19 bits per heavy atom. The van der Waals surface area contributed by atoms with Crippen LogP contribution in [0.4, 0.5) is 0 Å². The molecule has 1 rings (SSSR count). The number of halogens is 1. The molecule has 0 aliphatic carbocycles. The summed E-state index contributed by atoms with van der Waals surface area (Å²) < 4.78 is 1.55. The average molecular weight is 322 g/mol. The van der Waals surface area contributed by atoms with Crippen molar-refractivity contribution >= 4 is 39.0 Å². The number of rotatable bonds is 5. The minimum absolute atomic E-state index is 0.363. The minimum atomic E-state index is 0.363. The molecule has 0 bridgehead atoms. The van der Waals surface area contributed by atoms with Crippen molar-refractivity contribution in [2.75, 3.05) is 5.75 Å². The van der Waals surface area contributed by atoms with Crippen molar-refractivity contribution in [2.24, 2.45) is 0 Å². The molecular formula is C12H20BrNS2. The zero-order valence-electron chi connectivity index (χ0n) is 10.3. The normalized spacial score (nSPS) is 14.1. The zero-order chi connectivity index (χ0) is 12.2. The summed E-state index contributed by atoms with van der Waals surface area (Å²) in [7, 11) is 0. The molecule has 0 amide bonds. The van der Waals surface area contributed by atoms with Crippen LogP contribution >= 0.6 is 39.0 Å². The number of thiophene rings is 1. The van der Waals surface area contributed by atoms with Crippen LogP contribution in [0.2, 0.25) is 0 Å². The van der Waals surface area contributed by atoms with Gasteiger partial charge in [0, 0.05) is 37.8 Å². The lowest BCUT2D eigenvalue weighted by molar-refractivity contribution is 0.598. The summed E-state index contributed by atoms with van der Waals surface area (Å²) in [6.45, 7) is 10.0. The maximum atomic E-state index is 3.55. The molecule has 0 spiro atoms. The van der Waals surface area contributed by atoms with E-state index < -0.39 is 0 Å². The molecule has 1 unspecified atom stereocenters. The number of nitrogens with one attached hydrogen (secondary N) is 1. The molecule has 1 N–H and O–H groups in total. The van der Waals surface area contributed by atoms with E-state index in [9.17, 15) is 0 Å². The van der Waals surface area contributed by atoms with Crippen molar-refractivity contribution in [1.29, 1.82) is 0 Å². The molecule has 0 aliphatic rings. The first kappa shape index (κ1) is 14.6. The molecule has 92 valence electrons. The van der Waals surface area contributed by atoms with Crippen LogP contribution in [0.3, 0.4) is 0 Å². The first-order chi connectivity index (χ1) is 7.37. The predicted molar refractivity (Wildman–Crippen MR) is 80.5 cm³/mol. The topological polar surface area (TPSA) is 12.0 Å². The van der Waals surface area contributed by atoms with Gasteiger partial charge in [0.05, 0.1) is 0 Å². The molecule has 1 aromatic rings. The fourth-order valence-electron chi connectivity index (χ4n) is 1.16. The Bertz CT molecular complexity index is 317. The van der Waals surface area contributed by atoms with E-state index in [1.54, 1.807) is 11.3 Å². The first-order valence-corrected chi connectivity index (χ1v) is 8.13. The van der Waals surface area contributed by atoms with E-state index in [0.29, 0.717) is 10.8 Å². The molecule has 0 saturated heterocycles. The highest BCUT2D eigenvalue weighted by Gasteiger charge is 2.12. The van der Waals surface area contributed by atoms with Gasteiger partial charge in [0.15, 0.2) is 0 Å². The summed E-state index contributed by atoms with van der Waals surface area (Å²) in [5.41, 5.74) is 0. The van der Waals surface area contributed by atoms with Crippen LogP contribution in [0, 0.1) is 0 Å². The second-order valence-corrected chi connectivity index (χ2v) is 8.69. The van der Waals surface area contributed by atoms with E-state index in [4.69, 9.17) is 0 Å². The van der Waals surface area contributed by atoms with E-state index >= 15 is 0 Å². The summed E-state index contributed by atoms with van der Waals surface area (Å²) in [5.74, 6) is 1.16. The van der Waals surface area contributed by atoms with E-state index in [1.807, 2.05) is 11.8 Å². The van der Waals surface area contributed by atoms with Gasteiger partial charge in [-0.3, -0.25) is 0 Å². The van der Waals surface area contributed by atoms with Crippen LogP contribution in [-0.4, -0.2) is 16.5 Å². The smallest absolute Gasteiger partial charge is 0.0302 e. The first-order valence-electron chi connectivity index (χ1n) is 5.47. The fourth-order valence-corrected chi connectivity index (χ4v) is 3.43. The summed E-state index contributed by atoms with van der Waals surface area (Å²) in [4.78, 5) is 1.39. The third kappa shape index (κ3) is 6.28. The van der Waals surface area contributed by atoms with Gasteiger partial charge >= 0.3 is 0 Å². The molecule has 0 aromatic carbocycles. The summed E-state index contributed by atoms with van der Waals surface area (Å²) >= 11 is 7.29. The second-order valence-electron chi connectivity index (χ2n) is 4.94. The summed E-state index contributed by atoms with van der Waals surface area (Å²) in [6, 6.07) is 2.74. The molecule has 0 fully saturated rings. The number of hydrogen-bond donors (Lipinski definition) is 1. The molecule has 1 nitrogen and oxygen atoms in total. The van der Waals surface area contributed by atoms with Crippen molar-refractivity contribution in [1.82, 2.24) is 5.32 Å². The van der Waals surface area contributed by atoms with Crippen molar-refractivity contribution in [3.63, 3.8) is 0 Å². The molecule has 0 radical (unpaired) electrons. The van der Waals surface area contributed by atoms with Gasteiger partial charge < -0.3 is 5.32 Å². The average Bonchev–Trinajstić information content (AvgIpc) is 2.57. The largest absolute Gasteiger partial charge is 0.309 e. The van der Waals surface area contributed by atoms with Crippen LogP contribution in [0.5, 0.6) is 0 Å². The Balaban J connectivity index is 2.22. The van der Waals surface area contributed by atoms with Gasteiger partial charge in [-0.05, 0) is 28.9 Å². The Morgan fingerprint density at radius 1 is 1.50 bits per heavy atom. The molecule has 0 aliphatic heterocycles. The fraction of sp³-hybridized carbons (Fsp3) is 0.667. The summed E-state index contributed by atoms with van der Waals surface area (Å²) in [6.07, 6.45) is 0. The standard InChI is InChI=1S/C12H20BrNS2/c1-9(7-16-12(2,3)4)14-6-11-5-10(13)8-15-11/h5,8-9,14H,6-7H2,1-4H3. The lowest BCUT2D eigenvalue weighted by Crippen LogP contribution is -2.29. The van der Waals surface area contributed by atoms with E-state index in [1.165, 1.54) is 9.35 Å². The van der Waals surface area contributed by atoms with E-state index in [2.05, 4.69) is 60.4 Å². The Labute approximate surface area is 116 Å². The highest BCUT2D eigenvalue weighted by atomic mass is 79.9. The monoisotopic (exact) mass is 321 g/mol. The highest BCUT2D eigenvalue weighted by molar-refractivity contribution is 9.10. The number of thioether (sulfide) groups is 1. The van der Waals surface area contributed by atoms with Gasteiger partial charge in [-0.1, -0.05) is 20.8 Å². The number of hydrogen-bond acceptors (Lipinski definition) is 3. The van der Waals surface area contributed by atoms with Crippen molar-refractivity contribution in [2.45, 2.75) is 45.0 Å². The van der Waals surface area contributed by atoms with Crippen LogP contribution < -0.4 is 5.32 Å². The van der Waals surface area contributed by atoms with Crippen molar-refractivity contribution in [3.05, 3.63) is 20.8 Å². The van der Waals surface area contributed by atoms with Gasteiger partial charge in [-0.2, -0.15) is 11.8 Å². The van der Waals surface area contributed by atoms with Crippen molar-refractivity contribution in [3.8, 4) is 0 Å². The Hall–Kier alpha value is 0.490. The SMILES string of the molecule is CC(CSC(C)(C)C)NCc1cc(Br)cs1. The zero-order valence-corrected chi connectivity index (χ0v) is 13.6. The van der Waals surface area contributed by atoms with E-state index in [-0.39, 0.29) is 0 Å². The Kier molecular flexibility index (Phi) is 5.85. The summed E-state index contributed by atoms with van der Waals surface area (Å²) in [5, 5.41) is 5.68. The van der Waals surface area contributed by atoms with Crippen LogP contribution in [0.1, 0.15) is 32.6 Å². The minimum Gasteiger partial charge on any atom is -0.309 e. The predicted octanol–water partition coefficient (Wildman–Crippen LogP) is 4.52. The third-order valence-electron chi connectivity index (χ3n) is 2.01. The van der Waals surface area contributed by atoms with Gasteiger partial charge in [0.25, 0.3) is 0 Å². The molecular weight excluding hydrogens is 302 g/mol. The highest BCUT2D eigenvalue weighted by Crippen LogP contribution is 2.24. The lowest BCUT2D eigenvalue weighted by atomic mass is 10.3. The van der Waals surface area contributed by atoms with Crippen LogP contribution in [0.15, 0.2) is 15.9 Å². The van der Waals surface area contributed by atoms with Crippen LogP contribution in [-0.2, 0) is 6.54 Å².